The van der Waals surface area contributed by atoms with Crippen molar-refractivity contribution >= 4 is 5.69 Å². The lowest BCUT2D eigenvalue weighted by Crippen LogP contribution is -1.88. The highest BCUT2D eigenvalue weighted by molar-refractivity contribution is 5.62. The Bertz CT molecular complexity index is 486. The summed E-state index contributed by atoms with van der Waals surface area (Å²) in [6, 6.07) is 8.24. The Kier molecular flexibility index (Phi) is 2.95. The van der Waals surface area contributed by atoms with Gasteiger partial charge in [0.2, 0.25) is 0 Å². The smallest absolute Gasteiger partial charge is 0.137 e. The monoisotopic (exact) mass is 215 g/mol. The van der Waals surface area contributed by atoms with Crippen LogP contribution < -0.4 is 5.32 Å². The fourth-order valence-corrected chi connectivity index (χ4v) is 1.80. The van der Waals surface area contributed by atoms with Crippen molar-refractivity contribution in [2.75, 3.05) is 12.4 Å². The lowest BCUT2D eigenvalue weighted by atomic mass is 10.2. The van der Waals surface area contributed by atoms with Gasteiger partial charge in [-0.2, -0.15) is 0 Å². The summed E-state index contributed by atoms with van der Waals surface area (Å²) in [7, 11) is 1.92. The number of benzene rings is 1. The molecule has 0 saturated carbocycles. The van der Waals surface area contributed by atoms with Crippen LogP contribution in [0.2, 0.25) is 0 Å². The van der Waals surface area contributed by atoms with E-state index in [9.17, 15) is 0 Å². The van der Waals surface area contributed by atoms with Crippen LogP contribution in [-0.4, -0.2) is 17.0 Å². The molecule has 1 aromatic heterocycles. The molecule has 2 N–H and O–H groups in total. The SMILES string of the molecule is CCc1nc(-c2cccc(NC)c2)[nH]c1C. The molecule has 84 valence electrons. The Labute approximate surface area is 95.9 Å². The molecule has 0 radical (unpaired) electrons. The Balaban J connectivity index is 2.41. The molecule has 16 heavy (non-hydrogen) atoms. The van der Waals surface area contributed by atoms with E-state index in [1.165, 1.54) is 0 Å². The summed E-state index contributed by atoms with van der Waals surface area (Å²) >= 11 is 0. The number of hydrogen-bond acceptors (Lipinski definition) is 2. The largest absolute Gasteiger partial charge is 0.388 e. The van der Waals surface area contributed by atoms with Crippen LogP contribution >= 0.6 is 0 Å². The number of anilines is 1. The predicted molar refractivity (Wildman–Crippen MR) is 67.7 cm³/mol. The van der Waals surface area contributed by atoms with Gasteiger partial charge in [-0.25, -0.2) is 4.98 Å². The first kappa shape index (κ1) is 10.7. The summed E-state index contributed by atoms with van der Waals surface area (Å²) in [6.45, 7) is 4.19. The van der Waals surface area contributed by atoms with E-state index in [2.05, 4.69) is 41.3 Å². The topological polar surface area (TPSA) is 40.7 Å². The second kappa shape index (κ2) is 4.39. The van der Waals surface area contributed by atoms with Crippen LogP contribution in [0.15, 0.2) is 24.3 Å². The maximum atomic E-state index is 4.59. The molecular weight excluding hydrogens is 198 g/mol. The van der Waals surface area contributed by atoms with Gasteiger partial charge in [-0.1, -0.05) is 19.1 Å². The average molecular weight is 215 g/mol. The van der Waals surface area contributed by atoms with E-state index >= 15 is 0 Å². The molecule has 1 heterocycles. The van der Waals surface area contributed by atoms with Crippen molar-refractivity contribution in [3.05, 3.63) is 35.7 Å². The van der Waals surface area contributed by atoms with Gasteiger partial charge >= 0.3 is 0 Å². The van der Waals surface area contributed by atoms with Crippen molar-refractivity contribution < 1.29 is 0 Å². The van der Waals surface area contributed by atoms with Crippen LogP contribution in [0.25, 0.3) is 11.4 Å². The molecule has 0 aliphatic carbocycles. The quantitative estimate of drug-likeness (QED) is 0.826. The molecule has 3 nitrogen and oxygen atoms in total. The second-order valence-electron chi connectivity index (χ2n) is 3.84. The molecule has 0 fully saturated rings. The maximum Gasteiger partial charge on any atom is 0.137 e. The van der Waals surface area contributed by atoms with E-state index in [0.29, 0.717) is 0 Å². The molecule has 0 spiro atoms. The fourth-order valence-electron chi connectivity index (χ4n) is 1.80. The minimum atomic E-state index is 0.950. The van der Waals surface area contributed by atoms with Gasteiger partial charge < -0.3 is 10.3 Å². The van der Waals surface area contributed by atoms with Gasteiger partial charge in [0.25, 0.3) is 0 Å². The summed E-state index contributed by atoms with van der Waals surface area (Å²) in [5.74, 6) is 0.950. The van der Waals surface area contributed by atoms with Crippen molar-refractivity contribution in [1.29, 1.82) is 0 Å². The van der Waals surface area contributed by atoms with Crippen molar-refractivity contribution in [3.63, 3.8) is 0 Å². The zero-order valence-electron chi connectivity index (χ0n) is 9.96. The third kappa shape index (κ3) is 1.94. The molecule has 0 saturated heterocycles. The van der Waals surface area contributed by atoms with Gasteiger partial charge in [0.15, 0.2) is 0 Å². The Hall–Kier alpha value is -1.77. The molecule has 0 atom stereocenters. The summed E-state index contributed by atoms with van der Waals surface area (Å²) in [6.07, 6.45) is 0.966. The number of imidazole rings is 1. The van der Waals surface area contributed by atoms with Crippen molar-refractivity contribution in [2.45, 2.75) is 20.3 Å². The van der Waals surface area contributed by atoms with Gasteiger partial charge in [-0.3, -0.25) is 0 Å². The molecule has 0 bridgehead atoms. The lowest BCUT2D eigenvalue weighted by molar-refractivity contribution is 1.04. The second-order valence-corrected chi connectivity index (χ2v) is 3.84. The van der Waals surface area contributed by atoms with Crippen LogP contribution in [0, 0.1) is 6.92 Å². The van der Waals surface area contributed by atoms with Crippen molar-refractivity contribution in [1.82, 2.24) is 9.97 Å². The van der Waals surface area contributed by atoms with Crippen molar-refractivity contribution in [2.24, 2.45) is 0 Å². The maximum absolute atomic E-state index is 4.59. The highest BCUT2D eigenvalue weighted by Gasteiger charge is 2.06. The van der Waals surface area contributed by atoms with Crippen LogP contribution in [0.1, 0.15) is 18.3 Å². The van der Waals surface area contributed by atoms with E-state index in [4.69, 9.17) is 0 Å². The molecule has 1 aromatic carbocycles. The third-order valence-electron chi connectivity index (χ3n) is 2.75. The first-order valence-corrected chi connectivity index (χ1v) is 5.58. The minimum absolute atomic E-state index is 0.950. The Morgan fingerprint density at radius 2 is 2.19 bits per heavy atom. The third-order valence-corrected chi connectivity index (χ3v) is 2.75. The summed E-state index contributed by atoms with van der Waals surface area (Å²) in [4.78, 5) is 7.91. The van der Waals surface area contributed by atoms with E-state index < -0.39 is 0 Å². The molecule has 2 rings (SSSR count). The number of aromatic amines is 1. The number of aromatic nitrogens is 2. The van der Waals surface area contributed by atoms with Gasteiger partial charge in [0, 0.05) is 24.0 Å². The average Bonchev–Trinajstić information content (AvgIpc) is 2.71. The minimum Gasteiger partial charge on any atom is -0.388 e. The van der Waals surface area contributed by atoms with Crippen LogP contribution in [0.4, 0.5) is 5.69 Å². The highest BCUT2D eigenvalue weighted by Crippen LogP contribution is 2.21. The van der Waals surface area contributed by atoms with Gasteiger partial charge in [0.1, 0.15) is 5.82 Å². The molecule has 0 amide bonds. The molecular formula is C13H17N3. The summed E-state index contributed by atoms with van der Waals surface area (Å²) in [5.41, 5.74) is 4.52. The molecule has 0 aliphatic rings. The standard InChI is InChI=1S/C13H17N3/c1-4-12-9(2)15-13(16-12)10-6-5-7-11(8-10)14-3/h5-8,14H,4H2,1-3H3,(H,15,16). The van der Waals surface area contributed by atoms with Crippen LogP contribution in [0.5, 0.6) is 0 Å². The molecule has 0 unspecified atom stereocenters. The van der Waals surface area contributed by atoms with Gasteiger partial charge in [0.05, 0.1) is 5.69 Å². The molecule has 3 heteroatoms. The predicted octanol–water partition coefficient (Wildman–Crippen LogP) is 2.99. The fraction of sp³-hybridized carbons (Fsp3) is 0.308. The van der Waals surface area contributed by atoms with Gasteiger partial charge in [-0.05, 0) is 25.5 Å². The number of hydrogen-bond donors (Lipinski definition) is 2. The van der Waals surface area contributed by atoms with E-state index in [0.717, 1.165) is 34.9 Å². The summed E-state index contributed by atoms with van der Waals surface area (Å²) < 4.78 is 0. The highest BCUT2D eigenvalue weighted by atomic mass is 14.9. The Morgan fingerprint density at radius 3 is 2.81 bits per heavy atom. The lowest BCUT2D eigenvalue weighted by Gasteiger charge is -2.01. The number of rotatable bonds is 3. The zero-order chi connectivity index (χ0) is 11.5. The van der Waals surface area contributed by atoms with Crippen LogP contribution in [-0.2, 0) is 6.42 Å². The van der Waals surface area contributed by atoms with E-state index in [-0.39, 0.29) is 0 Å². The number of aryl methyl sites for hydroxylation is 2. The van der Waals surface area contributed by atoms with Gasteiger partial charge in [-0.15, -0.1) is 0 Å². The zero-order valence-corrected chi connectivity index (χ0v) is 9.96. The summed E-state index contributed by atoms with van der Waals surface area (Å²) in [5, 5.41) is 3.13. The van der Waals surface area contributed by atoms with E-state index in [1.54, 1.807) is 0 Å². The molecule has 0 aliphatic heterocycles. The Morgan fingerprint density at radius 1 is 1.38 bits per heavy atom. The van der Waals surface area contributed by atoms with Crippen LogP contribution in [0.3, 0.4) is 0 Å². The van der Waals surface area contributed by atoms with Crippen molar-refractivity contribution in [3.8, 4) is 11.4 Å². The molecule has 2 aromatic rings. The first-order valence-electron chi connectivity index (χ1n) is 5.58. The van der Waals surface area contributed by atoms with E-state index in [1.807, 2.05) is 19.2 Å². The first-order chi connectivity index (χ1) is 7.74. The number of nitrogens with one attached hydrogen (secondary N) is 2. The number of nitrogens with zero attached hydrogens (tertiary/aromatic N) is 1. The normalized spacial score (nSPS) is 10.4. The number of H-pyrrole nitrogens is 1.